The van der Waals surface area contributed by atoms with Crippen LogP contribution in [-0.4, -0.2) is 24.9 Å². The Hall–Kier alpha value is -3.46. The van der Waals surface area contributed by atoms with E-state index in [-0.39, 0.29) is 5.78 Å². The summed E-state index contributed by atoms with van der Waals surface area (Å²) in [6.45, 7) is 0. The van der Waals surface area contributed by atoms with E-state index < -0.39 is 5.92 Å². The van der Waals surface area contributed by atoms with Gasteiger partial charge in [0.1, 0.15) is 5.82 Å². The van der Waals surface area contributed by atoms with Crippen LogP contribution in [0.3, 0.4) is 0 Å². The summed E-state index contributed by atoms with van der Waals surface area (Å²) < 4.78 is 3.69. The van der Waals surface area contributed by atoms with Gasteiger partial charge in [-0.3, -0.25) is 4.79 Å². The number of nitrogens with zero attached hydrogens (tertiary/aromatic N) is 5. The Labute approximate surface area is 144 Å². The van der Waals surface area contributed by atoms with Crippen LogP contribution in [0.25, 0.3) is 22.1 Å². The van der Waals surface area contributed by atoms with Crippen molar-refractivity contribution < 1.29 is 4.79 Å². The number of benzene rings is 2. The summed E-state index contributed by atoms with van der Waals surface area (Å²) in [5.74, 6) is -0.776. The summed E-state index contributed by atoms with van der Waals surface area (Å²) in [4.78, 5) is 21.7. The number of carbonyl (C=O) groups excluding carboxylic acids is 1. The number of aromatic nitrogens is 4. The highest BCUT2D eigenvalue weighted by molar-refractivity contribution is 6.04. The highest BCUT2D eigenvalue weighted by Gasteiger charge is 2.27. The lowest BCUT2D eigenvalue weighted by molar-refractivity contribution is 0.0975. The van der Waals surface area contributed by atoms with Crippen molar-refractivity contribution >= 4 is 27.9 Å². The molecule has 0 amide bonds. The number of fused-ring (bicyclic) bond motifs is 2. The standard InChI is InChI=1S/C19H15N5O/c1-23-11-21-15-9-12(7-8-16(15)23)18(25)13(10-20)19-22-14-5-3-4-6-17(14)24(19)2/h3-9,11,13H,1-2H3. The van der Waals surface area contributed by atoms with Gasteiger partial charge in [-0.05, 0) is 30.3 Å². The maximum Gasteiger partial charge on any atom is 0.187 e. The highest BCUT2D eigenvalue weighted by Crippen LogP contribution is 2.25. The Morgan fingerprint density at radius 2 is 1.92 bits per heavy atom. The largest absolute Gasteiger partial charge is 0.334 e. The first kappa shape index (κ1) is 15.1. The quantitative estimate of drug-likeness (QED) is 0.542. The monoisotopic (exact) mass is 329 g/mol. The number of para-hydroxylation sites is 2. The van der Waals surface area contributed by atoms with E-state index in [1.54, 1.807) is 23.0 Å². The molecule has 0 saturated carbocycles. The van der Waals surface area contributed by atoms with Crippen molar-refractivity contribution in [1.82, 2.24) is 19.1 Å². The fourth-order valence-electron chi connectivity index (χ4n) is 3.11. The Kier molecular flexibility index (Phi) is 3.36. The third kappa shape index (κ3) is 2.29. The Balaban J connectivity index is 1.80. The smallest absolute Gasteiger partial charge is 0.187 e. The third-order valence-electron chi connectivity index (χ3n) is 4.48. The van der Waals surface area contributed by atoms with Crippen LogP contribution in [0.5, 0.6) is 0 Å². The average Bonchev–Trinajstić information content (AvgIpc) is 3.17. The molecule has 2 aromatic carbocycles. The topological polar surface area (TPSA) is 76.5 Å². The maximum absolute atomic E-state index is 12.9. The van der Waals surface area contributed by atoms with Gasteiger partial charge in [0, 0.05) is 19.7 Å². The first-order valence-electron chi connectivity index (χ1n) is 7.86. The van der Waals surface area contributed by atoms with Crippen LogP contribution in [0.1, 0.15) is 22.1 Å². The molecule has 0 saturated heterocycles. The van der Waals surface area contributed by atoms with Gasteiger partial charge in [0.05, 0.1) is 34.5 Å². The molecule has 2 heterocycles. The number of ketones is 1. The minimum absolute atomic E-state index is 0.270. The van der Waals surface area contributed by atoms with Crippen LogP contribution in [0.15, 0.2) is 48.8 Å². The van der Waals surface area contributed by atoms with E-state index in [1.807, 2.05) is 49.0 Å². The lowest BCUT2D eigenvalue weighted by Crippen LogP contribution is -2.15. The van der Waals surface area contributed by atoms with Crippen LogP contribution >= 0.6 is 0 Å². The van der Waals surface area contributed by atoms with E-state index in [4.69, 9.17) is 0 Å². The van der Waals surface area contributed by atoms with Crippen LogP contribution < -0.4 is 0 Å². The number of rotatable bonds is 3. The molecule has 122 valence electrons. The minimum Gasteiger partial charge on any atom is -0.334 e. The van der Waals surface area contributed by atoms with Gasteiger partial charge in [0.25, 0.3) is 0 Å². The number of aryl methyl sites for hydroxylation is 2. The van der Waals surface area contributed by atoms with Crippen molar-refractivity contribution in [2.75, 3.05) is 0 Å². The van der Waals surface area contributed by atoms with Crippen LogP contribution in [0, 0.1) is 11.3 Å². The molecule has 2 aromatic heterocycles. The molecule has 1 atom stereocenters. The molecule has 0 aliphatic carbocycles. The molecule has 1 unspecified atom stereocenters. The van der Waals surface area contributed by atoms with Gasteiger partial charge in [-0.1, -0.05) is 12.1 Å². The lowest BCUT2D eigenvalue weighted by atomic mass is 9.97. The molecule has 0 spiro atoms. The van der Waals surface area contributed by atoms with E-state index in [2.05, 4.69) is 16.0 Å². The summed E-state index contributed by atoms with van der Waals surface area (Å²) >= 11 is 0. The van der Waals surface area contributed by atoms with Crippen molar-refractivity contribution in [2.24, 2.45) is 14.1 Å². The molecule has 0 bridgehead atoms. The molecule has 4 rings (SSSR count). The van der Waals surface area contributed by atoms with Crippen molar-refractivity contribution in [3.8, 4) is 6.07 Å². The molecule has 0 radical (unpaired) electrons. The van der Waals surface area contributed by atoms with E-state index in [0.717, 1.165) is 22.1 Å². The van der Waals surface area contributed by atoms with E-state index >= 15 is 0 Å². The molecule has 4 aromatic rings. The second-order valence-electron chi connectivity index (χ2n) is 6.00. The second-order valence-corrected chi connectivity index (χ2v) is 6.00. The normalized spacial score (nSPS) is 12.4. The molecule has 0 fully saturated rings. The zero-order chi connectivity index (χ0) is 17.6. The lowest BCUT2D eigenvalue weighted by Gasteiger charge is -2.09. The van der Waals surface area contributed by atoms with Gasteiger partial charge < -0.3 is 9.13 Å². The molecular formula is C19H15N5O. The predicted molar refractivity (Wildman–Crippen MR) is 94.1 cm³/mol. The van der Waals surface area contributed by atoms with E-state index in [1.165, 1.54) is 0 Å². The number of imidazole rings is 2. The summed E-state index contributed by atoms with van der Waals surface area (Å²) in [6, 6.07) is 15.0. The Bertz CT molecular complexity index is 1160. The summed E-state index contributed by atoms with van der Waals surface area (Å²) in [6.07, 6.45) is 1.70. The Morgan fingerprint density at radius 1 is 1.12 bits per heavy atom. The zero-order valence-electron chi connectivity index (χ0n) is 13.8. The summed E-state index contributed by atoms with van der Waals surface area (Å²) in [5, 5.41) is 9.63. The van der Waals surface area contributed by atoms with Gasteiger partial charge in [-0.25, -0.2) is 9.97 Å². The zero-order valence-corrected chi connectivity index (χ0v) is 13.8. The van der Waals surface area contributed by atoms with E-state index in [9.17, 15) is 10.1 Å². The number of hydrogen-bond acceptors (Lipinski definition) is 4. The Morgan fingerprint density at radius 3 is 2.68 bits per heavy atom. The van der Waals surface area contributed by atoms with Gasteiger partial charge in [0.2, 0.25) is 0 Å². The first-order chi connectivity index (χ1) is 12.1. The van der Waals surface area contributed by atoms with Gasteiger partial charge in [0.15, 0.2) is 11.7 Å². The molecule has 0 N–H and O–H groups in total. The van der Waals surface area contributed by atoms with Crippen molar-refractivity contribution in [1.29, 1.82) is 5.26 Å². The van der Waals surface area contributed by atoms with Crippen LogP contribution in [-0.2, 0) is 14.1 Å². The van der Waals surface area contributed by atoms with Gasteiger partial charge >= 0.3 is 0 Å². The minimum atomic E-state index is -0.960. The summed E-state index contributed by atoms with van der Waals surface area (Å²) in [5.41, 5.74) is 3.80. The maximum atomic E-state index is 12.9. The molecule has 0 aliphatic heterocycles. The van der Waals surface area contributed by atoms with E-state index in [0.29, 0.717) is 11.4 Å². The van der Waals surface area contributed by atoms with Crippen LogP contribution in [0.2, 0.25) is 0 Å². The SMILES string of the molecule is Cn1cnc2cc(C(=O)C(C#N)c3nc4ccccc4n3C)ccc21. The van der Waals surface area contributed by atoms with Crippen molar-refractivity contribution in [2.45, 2.75) is 5.92 Å². The molecule has 25 heavy (non-hydrogen) atoms. The third-order valence-corrected chi connectivity index (χ3v) is 4.48. The van der Waals surface area contributed by atoms with Gasteiger partial charge in [-0.2, -0.15) is 5.26 Å². The molecule has 6 heteroatoms. The first-order valence-corrected chi connectivity index (χ1v) is 7.86. The number of nitriles is 1. The summed E-state index contributed by atoms with van der Waals surface area (Å²) in [7, 11) is 3.72. The molecular weight excluding hydrogens is 314 g/mol. The predicted octanol–water partition coefficient (Wildman–Crippen LogP) is 2.95. The number of carbonyl (C=O) groups is 1. The second kappa shape index (κ2) is 5.56. The number of Topliss-reactive ketones (excluding diaryl/α,β-unsaturated/α-hetero) is 1. The van der Waals surface area contributed by atoms with Crippen LogP contribution in [0.4, 0.5) is 0 Å². The average molecular weight is 329 g/mol. The van der Waals surface area contributed by atoms with Crippen molar-refractivity contribution in [3.63, 3.8) is 0 Å². The fourth-order valence-corrected chi connectivity index (χ4v) is 3.11. The molecule has 0 aliphatic rings. The van der Waals surface area contributed by atoms with Gasteiger partial charge in [-0.15, -0.1) is 0 Å². The highest BCUT2D eigenvalue weighted by atomic mass is 16.1. The molecule has 6 nitrogen and oxygen atoms in total. The fraction of sp³-hybridized carbons (Fsp3) is 0.158. The number of hydrogen-bond donors (Lipinski definition) is 0. The van der Waals surface area contributed by atoms with Crippen molar-refractivity contribution in [3.05, 3.63) is 60.2 Å².